The van der Waals surface area contributed by atoms with E-state index in [-0.39, 0.29) is 5.70 Å². The summed E-state index contributed by atoms with van der Waals surface area (Å²) in [5.41, 5.74) is 1.25. The third kappa shape index (κ3) is 6.21. The molecule has 0 aliphatic heterocycles. The summed E-state index contributed by atoms with van der Waals surface area (Å²) < 4.78 is 15.9. The zero-order valence-electron chi connectivity index (χ0n) is 18.6. The molecule has 3 aromatic rings. The van der Waals surface area contributed by atoms with Crippen LogP contribution in [0.3, 0.4) is 0 Å². The summed E-state index contributed by atoms with van der Waals surface area (Å²) in [6.07, 6.45) is 1.52. The first-order chi connectivity index (χ1) is 16.3. The Labute approximate surface area is 207 Å². The minimum Gasteiger partial charge on any atom is -0.495 e. The number of amides is 2. The molecule has 0 bridgehead atoms. The maximum Gasteiger partial charge on any atom is 0.272 e. The Morgan fingerprint density at radius 3 is 2.03 bits per heavy atom. The molecule has 0 spiro atoms. The number of carbonyl (C=O) groups excluding carboxylic acids is 2. The van der Waals surface area contributed by atoms with E-state index in [0.29, 0.717) is 44.1 Å². The smallest absolute Gasteiger partial charge is 0.272 e. The van der Waals surface area contributed by atoms with E-state index in [2.05, 4.69) is 10.6 Å². The minimum absolute atomic E-state index is 0.0193. The van der Waals surface area contributed by atoms with Crippen LogP contribution in [0.4, 0.5) is 5.69 Å². The van der Waals surface area contributed by atoms with Crippen LogP contribution < -0.4 is 24.8 Å². The maximum atomic E-state index is 13.2. The van der Waals surface area contributed by atoms with Gasteiger partial charge in [0.15, 0.2) is 11.5 Å². The van der Waals surface area contributed by atoms with Crippen LogP contribution in [0, 0.1) is 0 Å². The van der Waals surface area contributed by atoms with Crippen molar-refractivity contribution in [1.29, 1.82) is 0 Å². The first-order valence-electron chi connectivity index (χ1n) is 10.00. The number of methoxy groups -OCH3 is 3. The van der Waals surface area contributed by atoms with Crippen molar-refractivity contribution in [2.24, 2.45) is 0 Å². The van der Waals surface area contributed by atoms with Crippen molar-refractivity contribution in [3.63, 3.8) is 0 Å². The van der Waals surface area contributed by atoms with Crippen LogP contribution in [0.1, 0.15) is 15.9 Å². The second-order valence-corrected chi connectivity index (χ2v) is 7.81. The molecule has 0 aliphatic rings. The summed E-state index contributed by atoms with van der Waals surface area (Å²) in [6, 6.07) is 16.2. The molecule has 176 valence electrons. The zero-order chi connectivity index (χ0) is 24.7. The Morgan fingerprint density at radius 1 is 0.765 bits per heavy atom. The van der Waals surface area contributed by atoms with Crippen LogP contribution >= 0.6 is 23.2 Å². The van der Waals surface area contributed by atoms with E-state index in [4.69, 9.17) is 37.4 Å². The molecule has 3 aromatic carbocycles. The first-order valence-corrected chi connectivity index (χ1v) is 10.8. The predicted molar refractivity (Wildman–Crippen MR) is 133 cm³/mol. The van der Waals surface area contributed by atoms with Gasteiger partial charge < -0.3 is 24.8 Å². The average Bonchev–Trinajstić information content (AvgIpc) is 2.84. The highest BCUT2D eigenvalue weighted by atomic mass is 35.5. The van der Waals surface area contributed by atoms with Gasteiger partial charge in [-0.15, -0.1) is 0 Å². The Kier molecular flexibility index (Phi) is 8.40. The standard InChI is InChI=1S/C25H22Cl2N2O5/c1-32-21-11-9-18(27)14-19(21)28-25(31)20(29-24(30)16-5-7-17(26)8-6-16)12-15-4-10-22(33-2)23(13-15)34-3/h4-14H,1-3H3,(H,28,31)(H,29,30)/b20-12+. The molecule has 9 heteroatoms. The molecule has 3 rings (SSSR count). The molecule has 7 nitrogen and oxygen atoms in total. The number of nitrogens with one attached hydrogen (secondary N) is 2. The van der Waals surface area contributed by atoms with Crippen molar-refractivity contribution in [3.8, 4) is 17.2 Å². The Bertz CT molecular complexity index is 1230. The lowest BCUT2D eigenvalue weighted by Gasteiger charge is -2.14. The van der Waals surface area contributed by atoms with Gasteiger partial charge in [0.25, 0.3) is 11.8 Å². The quantitative estimate of drug-likeness (QED) is 0.402. The van der Waals surface area contributed by atoms with Gasteiger partial charge in [0.05, 0.1) is 27.0 Å². The minimum atomic E-state index is -0.585. The fourth-order valence-corrected chi connectivity index (χ4v) is 3.33. The lowest BCUT2D eigenvalue weighted by atomic mass is 10.1. The van der Waals surface area contributed by atoms with Gasteiger partial charge in [-0.2, -0.15) is 0 Å². The summed E-state index contributed by atoms with van der Waals surface area (Å²) in [6.45, 7) is 0. The van der Waals surface area contributed by atoms with Crippen LogP contribution in [0.15, 0.2) is 66.4 Å². The van der Waals surface area contributed by atoms with Crippen LogP contribution in [0.5, 0.6) is 17.2 Å². The second kappa shape index (κ2) is 11.4. The molecular formula is C25H22Cl2N2O5. The van der Waals surface area contributed by atoms with Crippen LogP contribution in [0.2, 0.25) is 10.0 Å². The van der Waals surface area contributed by atoms with Gasteiger partial charge in [0, 0.05) is 15.6 Å². The third-order valence-corrected chi connectivity index (χ3v) is 5.21. The van der Waals surface area contributed by atoms with Gasteiger partial charge in [-0.05, 0) is 66.2 Å². The molecule has 0 fully saturated rings. The number of ether oxygens (including phenoxy) is 3. The lowest BCUT2D eigenvalue weighted by molar-refractivity contribution is -0.113. The number of rotatable bonds is 8. The molecule has 0 aliphatic carbocycles. The van der Waals surface area contributed by atoms with Crippen LogP contribution in [-0.4, -0.2) is 33.1 Å². The molecule has 0 atom stereocenters. The fraction of sp³-hybridized carbons (Fsp3) is 0.120. The zero-order valence-corrected chi connectivity index (χ0v) is 20.2. The van der Waals surface area contributed by atoms with Gasteiger partial charge in [-0.25, -0.2) is 0 Å². The van der Waals surface area contributed by atoms with Crippen molar-refractivity contribution in [3.05, 3.63) is 87.5 Å². The van der Waals surface area contributed by atoms with Crippen LogP contribution in [-0.2, 0) is 4.79 Å². The number of benzene rings is 3. The molecular weight excluding hydrogens is 479 g/mol. The Hall–Kier alpha value is -3.68. The predicted octanol–water partition coefficient (Wildman–Crippen LogP) is 5.43. The van der Waals surface area contributed by atoms with Crippen molar-refractivity contribution in [2.45, 2.75) is 0 Å². The van der Waals surface area contributed by atoms with E-state index in [1.54, 1.807) is 60.7 Å². The van der Waals surface area contributed by atoms with Gasteiger partial charge in [0.2, 0.25) is 0 Å². The highest BCUT2D eigenvalue weighted by Gasteiger charge is 2.17. The Morgan fingerprint density at radius 2 is 1.38 bits per heavy atom. The van der Waals surface area contributed by atoms with E-state index in [0.717, 1.165) is 0 Å². The van der Waals surface area contributed by atoms with Crippen LogP contribution in [0.25, 0.3) is 6.08 Å². The third-order valence-electron chi connectivity index (χ3n) is 4.73. The fourth-order valence-electron chi connectivity index (χ4n) is 3.03. The largest absolute Gasteiger partial charge is 0.495 e. The molecule has 2 amide bonds. The maximum absolute atomic E-state index is 13.2. The van der Waals surface area contributed by atoms with Crippen molar-refractivity contribution >= 4 is 46.8 Å². The van der Waals surface area contributed by atoms with Gasteiger partial charge >= 0.3 is 0 Å². The van der Waals surface area contributed by atoms with Gasteiger partial charge in [-0.3, -0.25) is 9.59 Å². The number of anilines is 1. The normalized spacial score (nSPS) is 10.9. The highest BCUT2D eigenvalue weighted by molar-refractivity contribution is 6.31. The molecule has 0 radical (unpaired) electrons. The molecule has 34 heavy (non-hydrogen) atoms. The van der Waals surface area contributed by atoms with E-state index >= 15 is 0 Å². The summed E-state index contributed by atoms with van der Waals surface area (Å²) in [5, 5.41) is 6.29. The SMILES string of the molecule is COc1ccc(Cl)cc1NC(=O)/C(=C\c1ccc(OC)c(OC)c1)NC(=O)c1ccc(Cl)cc1. The van der Waals surface area contributed by atoms with E-state index in [1.165, 1.54) is 27.4 Å². The molecule has 0 saturated heterocycles. The molecule has 2 N–H and O–H groups in total. The van der Waals surface area contributed by atoms with Crippen molar-refractivity contribution < 1.29 is 23.8 Å². The molecule has 0 unspecified atom stereocenters. The molecule has 0 heterocycles. The first kappa shape index (κ1) is 25.0. The average molecular weight is 501 g/mol. The number of hydrogen-bond donors (Lipinski definition) is 2. The highest BCUT2D eigenvalue weighted by Crippen LogP contribution is 2.30. The molecule has 0 aromatic heterocycles. The lowest BCUT2D eigenvalue weighted by Crippen LogP contribution is -2.30. The second-order valence-electron chi connectivity index (χ2n) is 6.93. The monoisotopic (exact) mass is 500 g/mol. The Balaban J connectivity index is 1.98. The summed E-state index contributed by atoms with van der Waals surface area (Å²) >= 11 is 12.0. The summed E-state index contributed by atoms with van der Waals surface area (Å²) in [7, 11) is 4.51. The van der Waals surface area contributed by atoms with Gasteiger partial charge in [0.1, 0.15) is 11.4 Å². The van der Waals surface area contributed by atoms with E-state index in [1.807, 2.05) is 0 Å². The van der Waals surface area contributed by atoms with Crippen molar-refractivity contribution in [1.82, 2.24) is 5.32 Å². The number of halogens is 2. The number of carbonyl (C=O) groups is 2. The summed E-state index contributed by atoms with van der Waals surface area (Å²) in [4.78, 5) is 26.1. The van der Waals surface area contributed by atoms with E-state index < -0.39 is 11.8 Å². The van der Waals surface area contributed by atoms with E-state index in [9.17, 15) is 9.59 Å². The van der Waals surface area contributed by atoms with Crippen molar-refractivity contribution in [2.75, 3.05) is 26.6 Å². The number of hydrogen-bond acceptors (Lipinski definition) is 5. The topological polar surface area (TPSA) is 85.9 Å². The molecule has 0 saturated carbocycles. The summed E-state index contributed by atoms with van der Waals surface area (Å²) in [5.74, 6) is 0.331. The van der Waals surface area contributed by atoms with Gasteiger partial charge in [-0.1, -0.05) is 29.3 Å².